The van der Waals surface area contributed by atoms with E-state index in [1.165, 1.54) is 0 Å². The summed E-state index contributed by atoms with van der Waals surface area (Å²) in [6.07, 6.45) is 6.64. The Labute approximate surface area is 200 Å². The third-order valence-electron chi connectivity index (χ3n) is 6.47. The van der Waals surface area contributed by atoms with Gasteiger partial charge in [-0.1, -0.05) is 12.1 Å². The number of likely N-dealkylation sites (N-methyl/N-ethyl adjacent to an activating group) is 1. The van der Waals surface area contributed by atoms with E-state index in [2.05, 4.69) is 15.3 Å². The minimum absolute atomic E-state index is 0.0210. The van der Waals surface area contributed by atoms with E-state index in [0.717, 1.165) is 28.9 Å². The lowest BCUT2D eigenvalue weighted by molar-refractivity contribution is -0.136. The lowest BCUT2D eigenvalue weighted by Gasteiger charge is -2.42. The van der Waals surface area contributed by atoms with Crippen LogP contribution in [0.2, 0.25) is 0 Å². The Morgan fingerprint density at radius 3 is 2.59 bits per heavy atom. The molecule has 1 aliphatic heterocycles. The highest BCUT2D eigenvalue weighted by atomic mass is 16.2. The quantitative estimate of drug-likeness (QED) is 0.611. The van der Waals surface area contributed by atoms with Gasteiger partial charge in [0, 0.05) is 63.6 Å². The normalized spacial score (nSPS) is 17.8. The predicted molar refractivity (Wildman–Crippen MR) is 132 cm³/mol. The molecule has 0 radical (unpaired) electrons. The van der Waals surface area contributed by atoms with Crippen LogP contribution in [0.5, 0.6) is 0 Å². The number of piperidine rings is 1. The van der Waals surface area contributed by atoms with Gasteiger partial charge in [0.2, 0.25) is 5.91 Å². The number of amides is 2. The van der Waals surface area contributed by atoms with Crippen LogP contribution in [0, 0.1) is 6.92 Å². The average Bonchev–Trinajstić information content (AvgIpc) is 2.88. The summed E-state index contributed by atoms with van der Waals surface area (Å²) in [6.45, 7) is 3.59. The topological polar surface area (TPSA) is 78.4 Å². The molecule has 4 rings (SSSR count). The van der Waals surface area contributed by atoms with E-state index >= 15 is 0 Å². The molecule has 0 saturated carbocycles. The number of hydrogen-bond donors (Lipinski definition) is 1. The first-order valence-corrected chi connectivity index (χ1v) is 11.6. The third-order valence-corrected chi connectivity index (χ3v) is 6.47. The number of aryl methyl sites for hydroxylation is 1. The van der Waals surface area contributed by atoms with E-state index in [9.17, 15) is 9.59 Å². The van der Waals surface area contributed by atoms with Crippen LogP contribution < -0.4 is 5.32 Å². The van der Waals surface area contributed by atoms with Crippen molar-refractivity contribution in [2.75, 3.05) is 32.5 Å². The Morgan fingerprint density at radius 2 is 1.88 bits per heavy atom. The van der Waals surface area contributed by atoms with Crippen molar-refractivity contribution >= 4 is 17.5 Å². The van der Waals surface area contributed by atoms with Gasteiger partial charge >= 0.3 is 0 Å². The zero-order chi connectivity index (χ0) is 24.1. The molecule has 1 N–H and O–H groups in total. The lowest BCUT2D eigenvalue weighted by atomic mass is 9.75. The standard InChI is InChI=1S/C27H31N5O2/c1-20-8-9-22(17-23(20)30-18-21-10-14-28-15-11-21)25(33)32-16-6-12-27(19-32,26(34)31(2)3)24-7-4-5-13-29-24/h4-5,7-11,13-15,17,30H,6,12,16,18-19H2,1-3H3/t27-/m1/s1. The Hall–Kier alpha value is -3.74. The maximum absolute atomic E-state index is 13.6. The van der Waals surface area contributed by atoms with Crippen LogP contribution in [0.4, 0.5) is 5.69 Å². The summed E-state index contributed by atoms with van der Waals surface area (Å²) < 4.78 is 0. The van der Waals surface area contributed by atoms with Gasteiger partial charge in [0.05, 0.1) is 5.69 Å². The SMILES string of the molecule is Cc1ccc(C(=O)N2CCC[C@](C(=O)N(C)C)(c3ccccn3)C2)cc1NCc1ccncc1. The number of likely N-dealkylation sites (tertiary alicyclic amines) is 1. The average molecular weight is 458 g/mol. The first kappa shape index (κ1) is 23.4. The van der Waals surface area contributed by atoms with Crippen LogP contribution in [0.25, 0.3) is 0 Å². The fraction of sp³-hybridized carbons (Fsp3) is 0.333. The van der Waals surface area contributed by atoms with E-state index in [1.807, 2.05) is 55.5 Å². The van der Waals surface area contributed by atoms with E-state index in [0.29, 0.717) is 31.6 Å². The molecule has 3 heterocycles. The number of carbonyl (C=O) groups is 2. The van der Waals surface area contributed by atoms with Gasteiger partial charge in [0.15, 0.2) is 0 Å². The van der Waals surface area contributed by atoms with Crippen molar-refractivity contribution in [2.45, 2.75) is 31.7 Å². The van der Waals surface area contributed by atoms with Gasteiger partial charge in [-0.3, -0.25) is 19.6 Å². The van der Waals surface area contributed by atoms with E-state index in [1.54, 1.807) is 42.5 Å². The summed E-state index contributed by atoms with van der Waals surface area (Å²) in [6, 6.07) is 15.3. The summed E-state index contributed by atoms with van der Waals surface area (Å²) in [5, 5.41) is 3.43. The summed E-state index contributed by atoms with van der Waals surface area (Å²) in [5.41, 5.74) is 3.58. The second kappa shape index (κ2) is 10.0. The zero-order valence-electron chi connectivity index (χ0n) is 20.0. The molecule has 2 aromatic heterocycles. The van der Waals surface area contributed by atoms with E-state index in [-0.39, 0.29) is 11.8 Å². The van der Waals surface area contributed by atoms with E-state index < -0.39 is 5.41 Å². The molecule has 34 heavy (non-hydrogen) atoms. The van der Waals surface area contributed by atoms with Crippen molar-refractivity contribution in [2.24, 2.45) is 0 Å². The Balaban J connectivity index is 1.58. The van der Waals surface area contributed by atoms with Crippen LogP contribution in [-0.4, -0.2) is 58.8 Å². The number of aromatic nitrogens is 2. The fourth-order valence-corrected chi connectivity index (χ4v) is 4.62. The van der Waals surface area contributed by atoms with E-state index in [4.69, 9.17) is 0 Å². The highest BCUT2D eigenvalue weighted by Crippen LogP contribution is 2.35. The van der Waals surface area contributed by atoms with Crippen LogP contribution in [0.15, 0.2) is 67.1 Å². The van der Waals surface area contributed by atoms with Crippen molar-refractivity contribution in [3.63, 3.8) is 0 Å². The summed E-state index contributed by atoms with van der Waals surface area (Å²) >= 11 is 0. The molecular formula is C27H31N5O2. The monoisotopic (exact) mass is 457 g/mol. The molecule has 1 saturated heterocycles. The molecule has 1 aliphatic rings. The molecule has 7 heteroatoms. The maximum Gasteiger partial charge on any atom is 0.253 e. The number of nitrogens with one attached hydrogen (secondary N) is 1. The van der Waals surface area contributed by atoms with Crippen LogP contribution >= 0.6 is 0 Å². The lowest BCUT2D eigenvalue weighted by Crippen LogP contribution is -2.56. The molecule has 1 aromatic carbocycles. The smallest absolute Gasteiger partial charge is 0.253 e. The molecule has 7 nitrogen and oxygen atoms in total. The molecule has 0 aliphatic carbocycles. The number of anilines is 1. The molecule has 176 valence electrons. The number of rotatable bonds is 6. The minimum Gasteiger partial charge on any atom is -0.381 e. The first-order valence-electron chi connectivity index (χ1n) is 11.6. The van der Waals surface area contributed by atoms with Gasteiger partial charge in [0.25, 0.3) is 5.91 Å². The van der Waals surface area contributed by atoms with Gasteiger partial charge in [0.1, 0.15) is 5.41 Å². The van der Waals surface area contributed by atoms with Crippen molar-refractivity contribution in [1.29, 1.82) is 0 Å². The summed E-state index contributed by atoms with van der Waals surface area (Å²) in [5.74, 6) is -0.0918. The molecular weight excluding hydrogens is 426 g/mol. The molecule has 0 bridgehead atoms. The zero-order valence-corrected chi connectivity index (χ0v) is 20.0. The van der Waals surface area contributed by atoms with Crippen LogP contribution in [0.1, 0.15) is 40.0 Å². The second-order valence-electron chi connectivity index (χ2n) is 9.07. The molecule has 0 unspecified atom stereocenters. The van der Waals surface area contributed by atoms with Crippen molar-refractivity contribution in [3.8, 4) is 0 Å². The largest absolute Gasteiger partial charge is 0.381 e. The number of benzene rings is 1. The van der Waals surface area contributed by atoms with Crippen molar-refractivity contribution in [1.82, 2.24) is 19.8 Å². The van der Waals surface area contributed by atoms with Gasteiger partial charge in [-0.05, 0) is 67.3 Å². The number of hydrogen-bond acceptors (Lipinski definition) is 5. The highest BCUT2D eigenvalue weighted by Gasteiger charge is 2.46. The molecule has 1 atom stereocenters. The van der Waals surface area contributed by atoms with Crippen molar-refractivity contribution in [3.05, 3.63) is 89.5 Å². The van der Waals surface area contributed by atoms with Crippen molar-refractivity contribution < 1.29 is 9.59 Å². The molecule has 3 aromatic rings. The Kier molecular flexibility index (Phi) is 6.91. The number of nitrogens with zero attached hydrogens (tertiary/aromatic N) is 4. The summed E-state index contributed by atoms with van der Waals surface area (Å²) in [7, 11) is 3.52. The first-order chi connectivity index (χ1) is 16.4. The van der Waals surface area contributed by atoms with Crippen LogP contribution in [0.3, 0.4) is 0 Å². The predicted octanol–water partition coefficient (Wildman–Crippen LogP) is 3.66. The van der Waals surface area contributed by atoms with Gasteiger partial charge in [-0.15, -0.1) is 0 Å². The highest BCUT2D eigenvalue weighted by molar-refractivity contribution is 5.96. The summed E-state index contributed by atoms with van der Waals surface area (Å²) in [4.78, 5) is 39.0. The Morgan fingerprint density at radius 1 is 1.09 bits per heavy atom. The van der Waals surface area contributed by atoms with Gasteiger partial charge < -0.3 is 15.1 Å². The fourth-order valence-electron chi connectivity index (χ4n) is 4.62. The number of carbonyl (C=O) groups excluding carboxylic acids is 2. The molecule has 1 fully saturated rings. The molecule has 0 spiro atoms. The third kappa shape index (κ3) is 4.78. The van der Waals surface area contributed by atoms with Crippen LogP contribution in [-0.2, 0) is 16.8 Å². The van der Waals surface area contributed by atoms with Gasteiger partial charge in [-0.2, -0.15) is 0 Å². The van der Waals surface area contributed by atoms with Gasteiger partial charge in [-0.25, -0.2) is 0 Å². The number of pyridine rings is 2. The maximum atomic E-state index is 13.6. The minimum atomic E-state index is -0.841. The Bertz CT molecular complexity index is 1150. The molecule has 2 amide bonds. The second-order valence-corrected chi connectivity index (χ2v) is 9.07.